The Hall–Kier alpha value is -1.67. The van der Waals surface area contributed by atoms with Gasteiger partial charge in [0.25, 0.3) is 0 Å². The molecule has 2 saturated heterocycles. The molecular formula is C12H16O8. The number of carbonyl (C=O) groups is 3. The molecule has 2 fully saturated rings. The van der Waals surface area contributed by atoms with E-state index in [0.717, 1.165) is 0 Å². The molecule has 0 radical (unpaired) electrons. The fourth-order valence-electron chi connectivity index (χ4n) is 2.31. The van der Waals surface area contributed by atoms with Crippen LogP contribution in [0.15, 0.2) is 0 Å². The Morgan fingerprint density at radius 1 is 0.850 bits per heavy atom. The lowest BCUT2D eigenvalue weighted by Gasteiger charge is -2.38. The minimum atomic E-state index is -0.973. The highest BCUT2D eigenvalue weighted by Crippen LogP contribution is 2.33. The van der Waals surface area contributed by atoms with E-state index in [1.807, 2.05) is 0 Å². The first-order chi connectivity index (χ1) is 9.38. The maximum Gasteiger partial charge on any atom is 0.303 e. The molecule has 2 aliphatic rings. The first-order valence-corrected chi connectivity index (χ1v) is 6.17. The second-order valence-electron chi connectivity index (χ2n) is 4.60. The monoisotopic (exact) mass is 288 g/mol. The van der Waals surface area contributed by atoms with Crippen LogP contribution in [0.2, 0.25) is 0 Å². The van der Waals surface area contributed by atoms with Gasteiger partial charge in [0, 0.05) is 20.8 Å². The molecule has 0 N–H and O–H groups in total. The molecule has 2 rings (SSSR count). The molecule has 20 heavy (non-hydrogen) atoms. The highest BCUT2D eigenvalue weighted by molar-refractivity contribution is 5.68. The van der Waals surface area contributed by atoms with E-state index >= 15 is 0 Å². The van der Waals surface area contributed by atoms with Crippen LogP contribution < -0.4 is 0 Å². The van der Waals surface area contributed by atoms with Crippen molar-refractivity contribution in [2.75, 3.05) is 6.61 Å². The van der Waals surface area contributed by atoms with Crippen molar-refractivity contribution in [3.63, 3.8) is 0 Å². The molecule has 2 aliphatic heterocycles. The zero-order valence-corrected chi connectivity index (χ0v) is 11.4. The van der Waals surface area contributed by atoms with Crippen LogP contribution in [0.3, 0.4) is 0 Å². The number of fused-ring (bicyclic) bond motifs is 2. The van der Waals surface area contributed by atoms with E-state index in [1.165, 1.54) is 20.8 Å². The lowest BCUT2D eigenvalue weighted by Crippen LogP contribution is -2.58. The molecule has 0 aromatic carbocycles. The molecule has 0 unspecified atom stereocenters. The van der Waals surface area contributed by atoms with Gasteiger partial charge in [-0.25, -0.2) is 0 Å². The summed E-state index contributed by atoms with van der Waals surface area (Å²) < 4.78 is 26.2. The van der Waals surface area contributed by atoms with Gasteiger partial charge in [0.1, 0.15) is 6.10 Å². The van der Waals surface area contributed by atoms with Gasteiger partial charge in [0.2, 0.25) is 0 Å². The van der Waals surface area contributed by atoms with Gasteiger partial charge in [0.15, 0.2) is 24.6 Å². The summed E-state index contributed by atoms with van der Waals surface area (Å²) in [7, 11) is 0. The van der Waals surface area contributed by atoms with Crippen molar-refractivity contribution in [3.8, 4) is 0 Å². The summed E-state index contributed by atoms with van der Waals surface area (Å²) in [5.74, 6) is -1.71. The van der Waals surface area contributed by atoms with Gasteiger partial charge in [-0.2, -0.15) is 0 Å². The zero-order chi connectivity index (χ0) is 14.9. The van der Waals surface area contributed by atoms with Crippen molar-refractivity contribution in [1.82, 2.24) is 0 Å². The highest BCUT2D eigenvalue weighted by atomic mass is 16.8. The lowest BCUT2D eigenvalue weighted by molar-refractivity contribution is -0.250. The molecule has 5 atom stereocenters. The minimum Gasteiger partial charge on any atom is -0.456 e. The molecule has 0 aromatic heterocycles. The molecule has 2 heterocycles. The summed E-state index contributed by atoms with van der Waals surface area (Å²) in [4.78, 5) is 33.6. The predicted octanol–water partition coefficient (Wildman–Crippen LogP) is -0.463. The van der Waals surface area contributed by atoms with Crippen LogP contribution in [0.5, 0.6) is 0 Å². The summed E-state index contributed by atoms with van der Waals surface area (Å²) in [5.41, 5.74) is 0. The Bertz CT molecular complexity index is 390. The molecule has 8 nitrogen and oxygen atoms in total. The zero-order valence-electron chi connectivity index (χ0n) is 11.4. The van der Waals surface area contributed by atoms with Crippen LogP contribution in [0.25, 0.3) is 0 Å². The Kier molecular flexibility index (Phi) is 4.24. The van der Waals surface area contributed by atoms with Crippen LogP contribution in [0.1, 0.15) is 20.8 Å². The van der Waals surface area contributed by atoms with Crippen molar-refractivity contribution >= 4 is 17.9 Å². The van der Waals surface area contributed by atoms with Crippen LogP contribution in [-0.4, -0.2) is 55.2 Å². The Morgan fingerprint density at radius 2 is 1.35 bits per heavy atom. The molecule has 2 bridgehead atoms. The molecule has 0 amide bonds. The topological polar surface area (TPSA) is 97.4 Å². The fourth-order valence-corrected chi connectivity index (χ4v) is 2.31. The van der Waals surface area contributed by atoms with Crippen molar-refractivity contribution in [1.29, 1.82) is 0 Å². The normalized spacial score (nSPS) is 35.2. The van der Waals surface area contributed by atoms with E-state index in [4.69, 9.17) is 23.7 Å². The summed E-state index contributed by atoms with van der Waals surface area (Å²) in [6.45, 7) is 3.83. The molecule has 0 spiro atoms. The molecule has 8 heteroatoms. The van der Waals surface area contributed by atoms with Crippen molar-refractivity contribution in [2.24, 2.45) is 0 Å². The quantitative estimate of drug-likeness (QED) is 0.508. The van der Waals surface area contributed by atoms with E-state index in [-0.39, 0.29) is 6.61 Å². The Balaban J connectivity index is 2.24. The van der Waals surface area contributed by atoms with Gasteiger partial charge in [-0.15, -0.1) is 0 Å². The second kappa shape index (κ2) is 5.76. The van der Waals surface area contributed by atoms with Gasteiger partial charge >= 0.3 is 17.9 Å². The largest absolute Gasteiger partial charge is 0.456 e. The standard InChI is InChI=1S/C12H16O8/c1-5(13)17-9-8-4-16-12(20-8)11(19-7(3)15)10(9)18-6(2)14/h8-12H,4H2,1-3H3/t8-,9-,10+,11+,12+/m1/s1. The van der Waals surface area contributed by atoms with Crippen LogP contribution in [0.4, 0.5) is 0 Å². The Labute approximate surface area is 115 Å². The van der Waals surface area contributed by atoms with Gasteiger partial charge < -0.3 is 23.7 Å². The van der Waals surface area contributed by atoms with E-state index in [1.54, 1.807) is 0 Å². The molecule has 0 saturated carbocycles. The minimum absolute atomic E-state index is 0.165. The first kappa shape index (κ1) is 14.7. The fraction of sp³-hybridized carbons (Fsp3) is 0.750. The van der Waals surface area contributed by atoms with Gasteiger partial charge in [-0.05, 0) is 0 Å². The molecule has 0 aliphatic carbocycles. The number of hydrogen-bond acceptors (Lipinski definition) is 8. The second-order valence-corrected chi connectivity index (χ2v) is 4.60. The maximum atomic E-state index is 11.2. The van der Waals surface area contributed by atoms with Crippen LogP contribution in [-0.2, 0) is 38.1 Å². The van der Waals surface area contributed by atoms with Crippen molar-refractivity contribution in [3.05, 3.63) is 0 Å². The third-order valence-corrected chi connectivity index (χ3v) is 2.92. The van der Waals surface area contributed by atoms with Gasteiger partial charge in [-0.3, -0.25) is 14.4 Å². The third-order valence-electron chi connectivity index (χ3n) is 2.92. The summed E-state index contributed by atoms with van der Waals surface area (Å²) in [5, 5.41) is 0. The van der Waals surface area contributed by atoms with E-state index in [0.29, 0.717) is 0 Å². The average Bonchev–Trinajstić information content (AvgIpc) is 2.74. The molecule has 112 valence electrons. The Morgan fingerprint density at radius 3 is 1.90 bits per heavy atom. The van der Waals surface area contributed by atoms with E-state index < -0.39 is 48.6 Å². The SMILES string of the molecule is CC(=O)O[C@@H]1[C@H](OC(C)=O)[C@H]2OC[C@@H](O2)[C@H]1OC(C)=O. The van der Waals surface area contributed by atoms with Gasteiger partial charge in [-0.1, -0.05) is 0 Å². The number of esters is 3. The first-order valence-electron chi connectivity index (χ1n) is 6.17. The number of ether oxygens (including phenoxy) is 5. The smallest absolute Gasteiger partial charge is 0.303 e. The number of rotatable bonds is 3. The maximum absolute atomic E-state index is 11.2. The summed E-state index contributed by atoms with van der Waals surface area (Å²) >= 11 is 0. The summed E-state index contributed by atoms with van der Waals surface area (Å²) in [6.07, 6.45) is -4.19. The predicted molar refractivity (Wildman–Crippen MR) is 61.3 cm³/mol. The van der Waals surface area contributed by atoms with Gasteiger partial charge in [0.05, 0.1) is 6.61 Å². The van der Waals surface area contributed by atoms with Crippen molar-refractivity contribution in [2.45, 2.75) is 51.5 Å². The van der Waals surface area contributed by atoms with E-state index in [9.17, 15) is 14.4 Å². The van der Waals surface area contributed by atoms with Crippen molar-refractivity contribution < 1.29 is 38.1 Å². The van der Waals surface area contributed by atoms with Crippen LogP contribution in [0, 0.1) is 0 Å². The molecular weight excluding hydrogens is 272 g/mol. The lowest BCUT2D eigenvalue weighted by atomic mass is 10.00. The van der Waals surface area contributed by atoms with Crippen LogP contribution >= 0.6 is 0 Å². The average molecular weight is 288 g/mol. The number of carbonyl (C=O) groups excluding carboxylic acids is 3. The highest BCUT2D eigenvalue weighted by Gasteiger charge is 2.55. The van der Waals surface area contributed by atoms with E-state index in [2.05, 4.69) is 0 Å². The number of hydrogen-bond donors (Lipinski definition) is 0. The third kappa shape index (κ3) is 3.07. The molecule has 0 aromatic rings. The summed E-state index contributed by atoms with van der Waals surface area (Å²) in [6, 6.07) is 0.